The zero-order chi connectivity index (χ0) is 33.1. The third-order valence-corrected chi connectivity index (χ3v) is 12.2. The highest BCUT2D eigenvalue weighted by molar-refractivity contribution is 7.27. The van der Waals surface area contributed by atoms with Crippen LogP contribution in [0.15, 0.2) is 156 Å². The van der Waals surface area contributed by atoms with Gasteiger partial charge < -0.3 is 9.32 Å². The van der Waals surface area contributed by atoms with Gasteiger partial charge in [0.15, 0.2) is 0 Å². The van der Waals surface area contributed by atoms with Gasteiger partial charge in [0.2, 0.25) is 0 Å². The normalized spacial score (nSPS) is 13.6. The number of anilines is 3. The average molecular weight is 658 g/mol. The molecule has 0 saturated carbocycles. The predicted molar refractivity (Wildman–Crippen MR) is 214 cm³/mol. The molecule has 0 saturated heterocycles. The van der Waals surface area contributed by atoms with Gasteiger partial charge in [0.25, 0.3) is 0 Å². The molecule has 0 fully saturated rings. The van der Waals surface area contributed by atoms with Crippen LogP contribution in [0.2, 0.25) is 0 Å². The van der Waals surface area contributed by atoms with Gasteiger partial charge in [-0.3, -0.25) is 0 Å². The minimum absolute atomic E-state index is 0.0996. The van der Waals surface area contributed by atoms with E-state index in [1.165, 1.54) is 69.4 Å². The molecule has 0 N–H and O–H groups in total. The van der Waals surface area contributed by atoms with Crippen molar-refractivity contribution in [1.82, 2.24) is 0 Å². The largest absolute Gasteiger partial charge is 0.455 e. The number of benzene rings is 8. The first kappa shape index (κ1) is 28.0. The Morgan fingerprint density at radius 2 is 1.18 bits per heavy atom. The monoisotopic (exact) mass is 657 g/mol. The summed E-state index contributed by atoms with van der Waals surface area (Å²) >= 11 is 1.86. The van der Waals surface area contributed by atoms with Gasteiger partial charge in [-0.25, -0.2) is 0 Å². The first-order valence-corrected chi connectivity index (χ1v) is 18.1. The van der Waals surface area contributed by atoms with Crippen molar-refractivity contribution in [3.05, 3.63) is 163 Å². The Hall–Kier alpha value is -5.90. The smallest absolute Gasteiger partial charge is 0.145 e. The zero-order valence-corrected chi connectivity index (χ0v) is 28.5. The molecule has 236 valence electrons. The zero-order valence-electron chi connectivity index (χ0n) is 27.7. The molecule has 1 aliphatic carbocycles. The van der Waals surface area contributed by atoms with Crippen LogP contribution >= 0.6 is 11.3 Å². The number of hydrogen-bond acceptors (Lipinski definition) is 3. The fourth-order valence-corrected chi connectivity index (χ4v) is 9.85. The van der Waals surface area contributed by atoms with Crippen molar-refractivity contribution in [2.75, 3.05) is 4.90 Å². The van der Waals surface area contributed by atoms with Crippen LogP contribution in [0.5, 0.6) is 0 Å². The van der Waals surface area contributed by atoms with Gasteiger partial charge in [-0.2, -0.15) is 0 Å². The Balaban J connectivity index is 1.22. The summed E-state index contributed by atoms with van der Waals surface area (Å²) in [6.45, 7) is 4.72. The van der Waals surface area contributed by atoms with E-state index in [4.69, 9.17) is 4.42 Å². The maximum Gasteiger partial charge on any atom is 0.145 e. The molecule has 2 heterocycles. The summed E-state index contributed by atoms with van der Waals surface area (Å²) < 4.78 is 9.22. The molecule has 0 spiro atoms. The van der Waals surface area contributed by atoms with Crippen LogP contribution in [0.3, 0.4) is 0 Å². The van der Waals surface area contributed by atoms with E-state index in [2.05, 4.69) is 170 Å². The fraction of sp³-hybridized carbons (Fsp3) is 0.0638. The summed E-state index contributed by atoms with van der Waals surface area (Å²) in [5, 5.41) is 9.72. The van der Waals surface area contributed by atoms with E-state index in [0.29, 0.717) is 0 Å². The molecule has 3 heteroatoms. The van der Waals surface area contributed by atoms with Gasteiger partial charge in [-0.15, -0.1) is 11.3 Å². The van der Waals surface area contributed by atoms with E-state index in [1.807, 2.05) is 11.3 Å². The highest BCUT2D eigenvalue weighted by atomic mass is 32.1. The van der Waals surface area contributed by atoms with Crippen LogP contribution in [0, 0.1) is 0 Å². The highest BCUT2D eigenvalue weighted by Crippen LogP contribution is 2.52. The summed E-state index contributed by atoms with van der Waals surface area (Å²) in [6, 6.07) is 55.6. The van der Waals surface area contributed by atoms with Crippen LogP contribution in [-0.2, 0) is 5.41 Å². The maximum absolute atomic E-state index is 6.68. The number of fused-ring (bicyclic) bond motifs is 14. The van der Waals surface area contributed by atoms with E-state index in [9.17, 15) is 0 Å². The van der Waals surface area contributed by atoms with E-state index < -0.39 is 0 Å². The molecule has 0 atom stereocenters. The average Bonchev–Trinajstić information content (AvgIpc) is 3.80. The Kier molecular flexibility index (Phi) is 5.64. The molecule has 0 bridgehead atoms. The second-order valence-corrected chi connectivity index (χ2v) is 15.2. The van der Waals surface area contributed by atoms with Crippen molar-refractivity contribution in [3.8, 4) is 11.1 Å². The van der Waals surface area contributed by atoms with Crippen LogP contribution < -0.4 is 4.90 Å². The van der Waals surface area contributed by atoms with Crippen molar-refractivity contribution in [2.24, 2.45) is 0 Å². The first-order valence-electron chi connectivity index (χ1n) is 17.3. The molecule has 1 aliphatic rings. The summed E-state index contributed by atoms with van der Waals surface area (Å²) in [4.78, 5) is 2.45. The molecule has 50 heavy (non-hydrogen) atoms. The Morgan fingerprint density at radius 1 is 0.500 bits per heavy atom. The van der Waals surface area contributed by atoms with Crippen molar-refractivity contribution >= 4 is 92.1 Å². The van der Waals surface area contributed by atoms with Crippen molar-refractivity contribution in [1.29, 1.82) is 0 Å². The van der Waals surface area contributed by atoms with Gasteiger partial charge in [-0.05, 0) is 86.9 Å². The third-order valence-electron chi connectivity index (χ3n) is 11.0. The quantitative estimate of drug-likeness (QED) is 0.188. The lowest BCUT2D eigenvalue weighted by atomic mass is 9.82. The Morgan fingerprint density at radius 3 is 2.10 bits per heavy atom. The third kappa shape index (κ3) is 3.78. The lowest BCUT2D eigenvalue weighted by Gasteiger charge is -2.28. The van der Waals surface area contributed by atoms with Gasteiger partial charge in [0, 0.05) is 58.8 Å². The Bertz CT molecular complexity index is 3030. The van der Waals surface area contributed by atoms with Gasteiger partial charge in [-0.1, -0.05) is 117 Å². The minimum Gasteiger partial charge on any atom is -0.455 e. The van der Waals surface area contributed by atoms with Crippen LogP contribution in [0.25, 0.3) is 74.8 Å². The second kappa shape index (κ2) is 10.1. The van der Waals surface area contributed by atoms with Gasteiger partial charge >= 0.3 is 0 Å². The number of rotatable bonds is 3. The van der Waals surface area contributed by atoms with Gasteiger partial charge in [0.05, 0.1) is 0 Å². The van der Waals surface area contributed by atoms with Crippen molar-refractivity contribution in [3.63, 3.8) is 0 Å². The number of thiophene rings is 1. The number of hydrogen-bond donors (Lipinski definition) is 0. The van der Waals surface area contributed by atoms with E-state index in [-0.39, 0.29) is 5.41 Å². The second-order valence-electron chi connectivity index (χ2n) is 14.1. The molecule has 11 rings (SSSR count). The molecule has 0 amide bonds. The maximum atomic E-state index is 6.68. The van der Waals surface area contributed by atoms with Crippen LogP contribution in [0.4, 0.5) is 17.1 Å². The minimum atomic E-state index is -0.0996. The SMILES string of the molecule is CC1(C)c2ccccc2-c2ccc(N(c3ccc4ccccc4c3)c3ccc4c(c3)c3sc5ccccc5c3c3oc5ccccc5c43)cc21. The summed E-state index contributed by atoms with van der Waals surface area (Å²) in [5.74, 6) is 0. The molecule has 10 aromatic rings. The molecule has 2 nitrogen and oxygen atoms in total. The standard InChI is InChI=1S/C47H31NOS/c1-47(2)39-16-8-5-13-33(39)34-23-21-32(27-40(34)47)48(30-20-19-28-11-3-4-12-29(28)25-30)31-22-24-35-38(26-31)46-44(37-15-7-10-18-42(37)50-46)45-43(35)36-14-6-9-17-41(36)49-45/h3-27H,1-2H3. The topological polar surface area (TPSA) is 16.4 Å². The van der Waals surface area contributed by atoms with Crippen molar-refractivity contribution in [2.45, 2.75) is 19.3 Å². The van der Waals surface area contributed by atoms with Crippen molar-refractivity contribution < 1.29 is 4.42 Å². The first-order chi connectivity index (χ1) is 24.5. The lowest BCUT2D eigenvalue weighted by molar-refractivity contribution is 0.660. The molecular formula is C47H31NOS. The van der Waals surface area contributed by atoms with E-state index in [0.717, 1.165) is 33.6 Å². The highest BCUT2D eigenvalue weighted by Gasteiger charge is 2.35. The molecule has 0 aliphatic heterocycles. The van der Waals surface area contributed by atoms with Crippen LogP contribution in [0.1, 0.15) is 25.0 Å². The lowest BCUT2D eigenvalue weighted by Crippen LogP contribution is -2.16. The van der Waals surface area contributed by atoms with E-state index in [1.54, 1.807) is 0 Å². The number of nitrogens with zero attached hydrogens (tertiary/aromatic N) is 1. The molecular weight excluding hydrogens is 627 g/mol. The number of furan rings is 1. The summed E-state index contributed by atoms with van der Waals surface area (Å²) in [5.41, 5.74) is 10.6. The molecule has 2 aromatic heterocycles. The molecule has 0 radical (unpaired) electrons. The predicted octanol–water partition coefficient (Wildman–Crippen LogP) is 14.0. The molecule has 8 aromatic carbocycles. The van der Waals surface area contributed by atoms with Gasteiger partial charge in [0.1, 0.15) is 11.2 Å². The number of para-hydroxylation sites is 1. The Labute approximate surface area is 293 Å². The van der Waals surface area contributed by atoms with Crippen LogP contribution in [-0.4, -0.2) is 0 Å². The summed E-state index contributed by atoms with van der Waals surface area (Å²) in [6.07, 6.45) is 0. The summed E-state index contributed by atoms with van der Waals surface area (Å²) in [7, 11) is 0. The molecule has 0 unspecified atom stereocenters. The van der Waals surface area contributed by atoms with E-state index >= 15 is 0 Å². The fourth-order valence-electron chi connectivity index (χ4n) is 8.62.